The number of hydrogen-bond donors (Lipinski definition) is 0. The molecule has 0 N–H and O–H groups in total. The zero-order chi connectivity index (χ0) is 23.2. The van der Waals surface area contributed by atoms with Crippen molar-refractivity contribution in [3.8, 4) is 11.5 Å². The van der Waals surface area contributed by atoms with E-state index in [1.807, 2.05) is 23.7 Å². The highest BCUT2D eigenvalue weighted by molar-refractivity contribution is 7.89. The molecule has 0 atom stereocenters. The lowest BCUT2D eigenvalue weighted by Gasteiger charge is -2.29. The molecule has 0 spiro atoms. The molecule has 174 valence electrons. The molecule has 0 radical (unpaired) electrons. The molecule has 0 aliphatic carbocycles. The monoisotopic (exact) mass is 487 g/mol. The predicted octanol–water partition coefficient (Wildman–Crippen LogP) is 3.17. The van der Waals surface area contributed by atoms with Gasteiger partial charge in [0.15, 0.2) is 16.3 Å². The van der Waals surface area contributed by atoms with Crippen molar-refractivity contribution >= 4 is 37.5 Å². The van der Waals surface area contributed by atoms with E-state index in [4.69, 9.17) is 9.47 Å². The summed E-state index contributed by atoms with van der Waals surface area (Å²) in [6.45, 7) is 4.21. The smallest absolute Gasteiger partial charge is 0.279 e. The summed E-state index contributed by atoms with van der Waals surface area (Å²) in [7, 11) is -1.71. The Hall–Kier alpha value is -2.69. The van der Waals surface area contributed by atoms with Gasteiger partial charge in [-0.2, -0.15) is 9.30 Å². The lowest BCUT2D eigenvalue weighted by atomic mass is 10.0. The molecule has 10 heteroatoms. The number of piperidine rings is 1. The van der Waals surface area contributed by atoms with Crippen molar-refractivity contribution in [1.29, 1.82) is 0 Å². The summed E-state index contributed by atoms with van der Waals surface area (Å²) >= 11 is 1.38. The van der Waals surface area contributed by atoms with Gasteiger partial charge in [-0.3, -0.25) is 4.79 Å². The van der Waals surface area contributed by atoms with Crippen molar-refractivity contribution in [2.45, 2.75) is 24.7 Å². The summed E-state index contributed by atoms with van der Waals surface area (Å²) in [5, 5.41) is 0. The standard InChI is InChI=1S/C23H25N3O5S2/c1-15-7-9-26(10-8-15)33(28,29)17-5-3-16(4-6-17)22(27)24-23-25(2)18-13-19-20(14-21(18)32-23)31-12-11-30-19/h3-6,13-15H,7-12H2,1-2H3. The Morgan fingerprint density at radius 2 is 1.70 bits per heavy atom. The fourth-order valence-electron chi connectivity index (χ4n) is 4.07. The molecule has 33 heavy (non-hydrogen) atoms. The largest absolute Gasteiger partial charge is 0.486 e. The molecular weight excluding hydrogens is 462 g/mol. The van der Waals surface area contributed by atoms with Gasteiger partial charge in [0.1, 0.15) is 13.2 Å². The molecule has 0 saturated carbocycles. The van der Waals surface area contributed by atoms with Crippen molar-refractivity contribution in [3.05, 3.63) is 46.8 Å². The number of ether oxygens (including phenoxy) is 2. The van der Waals surface area contributed by atoms with Crippen molar-refractivity contribution in [1.82, 2.24) is 8.87 Å². The van der Waals surface area contributed by atoms with Gasteiger partial charge in [-0.15, -0.1) is 0 Å². The SMILES string of the molecule is CC1CCN(S(=O)(=O)c2ccc(C(=O)N=c3sc4cc5c(cc4n3C)OCCO5)cc2)CC1. The number of hydrogen-bond acceptors (Lipinski definition) is 6. The van der Waals surface area contributed by atoms with Crippen LogP contribution in [-0.2, 0) is 17.1 Å². The lowest BCUT2D eigenvalue weighted by molar-refractivity contribution is 0.0998. The summed E-state index contributed by atoms with van der Waals surface area (Å²) in [4.78, 5) is 17.8. The Bertz CT molecular complexity index is 1380. The average Bonchev–Trinajstić information content (AvgIpc) is 3.12. The van der Waals surface area contributed by atoms with E-state index < -0.39 is 15.9 Å². The van der Waals surface area contributed by atoms with Gasteiger partial charge in [0.05, 0.1) is 15.1 Å². The highest BCUT2D eigenvalue weighted by atomic mass is 32.2. The van der Waals surface area contributed by atoms with E-state index >= 15 is 0 Å². The van der Waals surface area contributed by atoms with E-state index in [0.29, 0.717) is 54.1 Å². The van der Waals surface area contributed by atoms with Crippen LogP contribution in [0.4, 0.5) is 0 Å². The minimum atomic E-state index is -3.55. The van der Waals surface area contributed by atoms with Crippen LogP contribution in [0.2, 0.25) is 0 Å². The summed E-state index contributed by atoms with van der Waals surface area (Å²) < 4.78 is 41.4. The number of amides is 1. The van der Waals surface area contributed by atoms with Gasteiger partial charge in [-0.1, -0.05) is 18.3 Å². The first-order chi connectivity index (χ1) is 15.8. The van der Waals surface area contributed by atoms with E-state index in [1.165, 1.54) is 39.9 Å². The van der Waals surface area contributed by atoms with Crippen molar-refractivity contribution < 1.29 is 22.7 Å². The number of benzene rings is 2. The quantitative estimate of drug-likeness (QED) is 0.566. The third-order valence-corrected chi connectivity index (χ3v) is 9.16. The summed E-state index contributed by atoms with van der Waals surface area (Å²) in [5.74, 6) is 1.48. The minimum Gasteiger partial charge on any atom is -0.486 e. The molecule has 1 fully saturated rings. The molecule has 1 saturated heterocycles. The number of rotatable bonds is 3. The Labute approximate surface area is 196 Å². The van der Waals surface area contributed by atoms with Crippen molar-refractivity contribution in [3.63, 3.8) is 0 Å². The molecule has 0 bridgehead atoms. The molecule has 3 aromatic rings. The van der Waals surface area contributed by atoms with Crippen molar-refractivity contribution in [2.24, 2.45) is 18.0 Å². The highest BCUT2D eigenvalue weighted by Gasteiger charge is 2.28. The molecule has 1 amide bonds. The maximum atomic E-state index is 12.9. The van der Waals surface area contributed by atoms with E-state index in [9.17, 15) is 13.2 Å². The first-order valence-corrected chi connectivity index (χ1v) is 13.2. The summed E-state index contributed by atoms with van der Waals surface area (Å²) in [5.41, 5.74) is 1.23. The number of nitrogens with zero attached hydrogens (tertiary/aromatic N) is 3. The molecule has 2 aliphatic rings. The molecule has 5 rings (SSSR count). The molecule has 1 aromatic heterocycles. The van der Waals surface area contributed by atoms with Crippen LogP contribution in [0.5, 0.6) is 11.5 Å². The third kappa shape index (κ3) is 4.18. The zero-order valence-electron chi connectivity index (χ0n) is 18.5. The second kappa shape index (κ2) is 8.58. The van der Waals surface area contributed by atoms with Gasteiger partial charge in [0.25, 0.3) is 5.91 Å². The van der Waals surface area contributed by atoms with E-state index in [1.54, 1.807) is 0 Å². The molecule has 8 nitrogen and oxygen atoms in total. The molecule has 2 aliphatic heterocycles. The number of carbonyl (C=O) groups excluding carboxylic acids is 1. The van der Waals surface area contributed by atoms with Gasteiger partial charge in [0.2, 0.25) is 10.0 Å². The fourth-order valence-corrected chi connectivity index (χ4v) is 6.56. The Balaban J connectivity index is 1.41. The van der Waals surface area contributed by atoms with Crippen molar-refractivity contribution in [2.75, 3.05) is 26.3 Å². The average molecular weight is 488 g/mol. The molecular formula is C23H25N3O5S2. The maximum Gasteiger partial charge on any atom is 0.279 e. The summed E-state index contributed by atoms with van der Waals surface area (Å²) in [6.07, 6.45) is 1.73. The van der Waals surface area contributed by atoms with Crippen LogP contribution in [0.3, 0.4) is 0 Å². The molecule has 2 aromatic carbocycles. The number of thiazole rings is 1. The lowest BCUT2D eigenvalue weighted by Crippen LogP contribution is -2.37. The van der Waals surface area contributed by atoms with Gasteiger partial charge in [0, 0.05) is 37.8 Å². The van der Waals surface area contributed by atoms with Gasteiger partial charge < -0.3 is 14.0 Å². The maximum absolute atomic E-state index is 12.9. The number of sulfonamides is 1. The Kier molecular flexibility index (Phi) is 5.75. The van der Waals surface area contributed by atoms with Crippen LogP contribution in [0.15, 0.2) is 46.3 Å². The number of fused-ring (bicyclic) bond motifs is 2. The molecule has 0 unspecified atom stereocenters. The van der Waals surface area contributed by atoms with Crippen LogP contribution < -0.4 is 14.3 Å². The van der Waals surface area contributed by atoms with E-state index in [-0.39, 0.29) is 4.90 Å². The van der Waals surface area contributed by atoms with Crippen LogP contribution in [0, 0.1) is 5.92 Å². The Morgan fingerprint density at radius 3 is 2.36 bits per heavy atom. The minimum absolute atomic E-state index is 0.201. The number of aryl methyl sites for hydroxylation is 1. The fraction of sp³-hybridized carbons (Fsp3) is 0.391. The zero-order valence-corrected chi connectivity index (χ0v) is 20.1. The molecule has 3 heterocycles. The van der Waals surface area contributed by atoms with E-state index in [2.05, 4.69) is 11.9 Å². The first-order valence-electron chi connectivity index (χ1n) is 10.9. The number of aromatic nitrogens is 1. The second-order valence-corrected chi connectivity index (χ2v) is 11.4. The van der Waals surface area contributed by atoms with Crippen LogP contribution in [0.1, 0.15) is 30.1 Å². The third-order valence-electron chi connectivity index (χ3n) is 6.15. The highest BCUT2D eigenvalue weighted by Crippen LogP contribution is 2.35. The van der Waals surface area contributed by atoms with Crippen LogP contribution in [-0.4, -0.2) is 49.5 Å². The van der Waals surface area contributed by atoms with Crippen LogP contribution in [0.25, 0.3) is 10.2 Å². The van der Waals surface area contributed by atoms with Crippen LogP contribution >= 0.6 is 11.3 Å². The normalized spacial score (nSPS) is 18.1. The summed E-state index contributed by atoms with van der Waals surface area (Å²) in [6, 6.07) is 9.83. The Morgan fingerprint density at radius 1 is 1.06 bits per heavy atom. The van der Waals surface area contributed by atoms with Gasteiger partial charge in [-0.25, -0.2) is 8.42 Å². The predicted molar refractivity (Wildman–Crippen MR) is 125 cm³/mol. The second-order valence-electron chi connectivity index (χ2n) is 8.44. The van der Waals surface area contributed by atoms with Gasteiger partial charge >= 0.3 is 0 Å². The number of carbonyl (C=O) groups is 1. The first kappa shape index (κ1) is 22.1. The van der Waals surface area contributed by atoms with E-state index in [0.717, 1.165) is 23.1 Å². The van der Waals surface area contributed by atoms with Gasteiger partial charge in [-0.05, 0) is 43.0 Å². The topological polar surface area (TPSA) is 90.2 Å².